The van der Waals surface area contributed by atoms with Crippen LogP contribution in [0.2, 0.25) is 0 Å². The zero-order chi connectivity index (χ0) is 27.7. The van der Waals surface area contributed by atoms with E-state index in [2.05, 4.69) is 32.0 Å². The van der Waals surface area contributed by atoms with Crippen LogP contribution in [0.1, 0.15) is 13.8 Å². The van der Waals surface area contributed by atoms with E-state index in [1.165, 1.54) is 6.07 Å². The van der Waals surface area contributed by atoms with Gasteiger partial charge in [-0.15, -0.1) is 0 Å². The summed E-state index contributed by atoms with van der Waals surface area (Å²) in [5, 5.41) is 3.32. The first kappa shape index (κ1) is 26.7. The fourth-order valence-electron chi connectivity index (χ4n) is 4.41. The molecule has 12 heteroatoms. The van der Waals surface area contributed by atoms with Gasteiger partial charge in [-0.05, 0) is 45.2 Å². The first-order chi connectivity index (χ1) is 18.6. The number of nitrogens with zero attached hydrogens (tertiary/aromatic N) is 5. The molecule has 0 unspecified atom stereocenters. The van der Waals surface area contributed by atoms with Gasteiger partial charge in [-0.25, -0.2) is 17.8 Å². The van der Waals surface area contributed by atoms with Gasteiger partial charge < -0.3 is 24.4 Å². The summed E-state index contributed by atoms with van der Waals surface area (Å²) in [7, 11) is 0.112. The van der Waals surface area contributed by atoms with Crippen molar-refractivity contribution in [1.29, 1.82) is 0 Å². The smallest absolute Gasteiger partial charge is 0.235 e. The normalized spacial score (nSPS) is 14.7. The highest BCUT2D eigenvalue weighted by Gasteiger charge is 2.21. The number of fused-ring (bicyclic) bond motifs is 1. The van der Waals surface area contributed by atoms with Crippen molar-refractivity contribution in [3.63, 3.8) is 0 Å². The van der Waals surface area contributed by atoms with Crippen molar-refractivity contribution in [2.24, 2.45) is 0 Å². The highest BCUT2D eigenvalue weighted by atomic mass is 32.2. The van der Waals surface area contributed by atoms with Crippen molar-refractivity contribution in [2.45, 2.75) is 19.1 Å². The zero-order valence-electron chi connectivity index (χ0n) is 22.3. The molecule has 0 bridgehead atoms. The third kappa shape index (κ3) is 5.62. The largest absolute Gasteiger partial charge is 0.494 e. The first-order valence-electron chi connectivity index (χ1n) is 12.7. The molecule has 2 aromatic heterocycles. The van der Waals surface area contributed by atoms with Crippen LogP contribution in [0.25, 0.3) is 16.7 Å². The number of likely N-dealkylation sites (N-methyl/N-ethyl adjacent to an activating group) is 1. The maximum atomic E-state index is 15.2. The number of ether oxygens (including phenoxy) is 1. The Bertz CT molecular complexity index is 1600. The number of methoxy groups -OCH3 is 1. The number of nitrogens with one attached hydrogen (secondary N) is 2. The van der Waals surface area contributed by atoms with E-state index in [1.807, 2.05) is 27.8 Å². The van der Waals surface area contributed by atoms with E-state index in [1.54, 1.807) is 51.4 Å². The number of piperazine rings is 1. The standard InChI is InChI=1S/C27H32FN7O3S/c1-18(2)39(36,37)32-20-6-5-7-21(14-20)35-9-8-19-17-29-27(31-26(19)35)30-23-15-22(28)24(16-25(23)38-4)34-12-10-33(3)11-13-34/h5-9,14-18,32H,10-13H2,1-4H3,(H,29,30,31). The minimum absolute atomic E-state index is 0.268. The second-order valence-corrected chi connectivity index (χ2v) is 12.1. The molecule has 2 aromatic carbocycles. The number of benzene rings is 2. The Morgan fingerprint density at radius 1 is 1.08 bits per heavy atom. The molecule has 0 spiro atoms. The quantitative estimate of drug-likeness (QED) is 0.334. The van der Waals surface area contributed by atoms with E-state index in [4.69, 9.17) is 4.74 Å². The fourth-order valence-corrected chi connectivity index (χ4v) is 5.10. The topological polar surface area (TPSA) is 105 Å². The molecule has 1 saturated heterocycles. The van der Waals surface area contributed by atoms with Crippen LogP contribution < -0.4 is 19.7 Å². The van der Waals surface area contributed by atoms with Gasteiger partial charge in [-0.3, -0.25) is 4.72 Å². The summed E-state index contributed by atoms with van der Waals surface area (Å²) in [6.45, 7) is 6.44. The SMILES string of the molecule is COc1cc(N2CCN(C)CC2)c(F)cc1Nc1ncc2ccn(-c3cccc(NS(=O)(=O)C(C)C)c3)c2n1. The average molecular weight is 554 g/mol. The molecule has 0 amide bonds. The molecular weight excluding hydrogens is 521 g/mol. The summed E-state index contributed by atoms with van der Waals surface area (Å²) >= 11 is 0. The molecule has 0 aliphatic carbocycles. The number of rotatable bonds is 8. The predicted molar refractivity (Wildman–Crippen MR) is 152 cm³/mol. The van der Waals surface area contributed by atoms with Gasteiger partial charge in [0.1, 0.15) is 17.2 Å². The van der Waals surface area contributed by atoms with Crippen LogP contribution in [-0.4, -0.2) is 73.4 Å². The number of aromatic nitrogens is 3. The van der Waals surface area contributed by atoms with Gasteiger partial charge in [-0.2, -0.15) is 4.98 Å². The average Bonchev–Trinajstić information content (AvgIpc) is 3.33. The van der Waals surface area contributed by atoms with Crippen LogP contribution in [0, 0.1) is 5.82 Å². The van der Waals surface area contributed by atoms with Crippen LogP contribution in [0.15, 0.2) is 54.9 Å². The highest BCUT2D eigenvalue weighted by molar-refractivity contribution is 7.93. The van der Waals surface area contributed by atoms with E-state index < -0.39 is 15.3 Å². The maximum absolute atomic E-state index is 15.2. The fraction of sp³-hybridized carbons (Fsp3) is 0.333. The number of sulfonamides is 1. The van der Waals surface area contributed by atoms with Crippen molar-refractivity contribution in [3.05, 3.63) is 60.7 Å². The second kappa shape index (κ2) is 10.7. The summed E-state index contributed by atoms with van der Waals surface area (Å²) in [6.07, 6.45) is 3.51. The number of hydrogen-bond donors (Lipinski definition) is 2. The van der Waals surface area contributed by atoms with Crippen molar-refractivity contribution in [2.75, 3.05) is 55.3 Å². The van der Waals surface area contributed by atoms with Gasteiger partial charge in [0, 0.05) is 61.8 Å². The molecule has 2 N–H and O–H groups in total. The van der Waals surface area contributed by atoms with Crippen LogP contribution in [0.5, 0.6) is 5.75 Å². The number of halogens is 1. The number of hydrogen-bond acceptors (Lipinski definition) is 8. The van der Waals surface area contributed by atoms with Gasteiger partial charge in [-0.1, -0.05) is 6.07 Å². The van der Waals surface area contributed by atoms with Gasteiger partial charge in [0.15, 0.2) is 0 Å². The molecule has 4 aromatic rings. The first-order valence-corrected chi connectivity index (χ1v) is 14.2. The van der Waals surface area contributed by atoms with Crippen LogP contribution in [-0.2, 0) is 10.0 Å². The van der Waals surface area contributed by atoms with Gasteiger partial charge in [0.05, 0.1) is 29.4 Å². The van der Waals surface area contributed by atoms with Gasteiger partial charge in [0.25, 0.3) is 0 Å². The molecule has 0 radical (unpaired) electrons. The van der Waals surface area contributed by atoms with E-state index >= 15 is 4.39 Å². The monoisotopic (exact) mass is 553 g/mol. The Kier molecular flexibility index (Phi) is 7.32. The molecule has 1 fully saturated rings. The Morgan fingerprint density at radius 3 is 2.56 bits per heavy atom. The molecule has 0 atom stereocenters. The van der Waals surface area contributed by atoms with Crippen LogP contribution in [0.4, 0.5) is 27.4 Å². The van der Waals surface area contributed by atoms with Gasteiger partial charge >= 0.3 is 0 Å². The Hall–Kier alpha value is -3.90. The molecule has 5 rings (SSSR count). The lowest BCUT2D eigenvalue weighted by atomic mass is 10.2. The highest BCUT2D eigenvalue weighted by Crippen LogP contribution is 2.35. The minimum Gasteiger partial charge on any atom is -0.494 e. The minimum atomic E-state index is -3.49. The summed E-state index contributed by atoms with van der Waals surface area (Å²) in [5.74, 6) is 0.395. The molecule has 3 heterocycles. The molecular formula is C27H32FN7O3S. The van der Waals surface area contributed by atoms with E-state index in [0.29, 0.717) is 28.5 Å². The molecule has 206 valence electrons. The lowest BCUT2D eigenvalue weighted by Gasteiger charge is -2.34. The molecule has 0 saturated carbocycles. The lowest BCUT2D eigenvalue weighted by Crippen LogP contribution is -2.44. The molecule has 1 aliphatic rings. The Morgan fingerprint density at radius 2 is 1.85 bits per heavy atom. The van der Waals surface area contributed by atoms with Crippen molar-refractivity contribution in [3.8, 4) is 11.4 Å². The van der Waals surface area contributed by atoms with Crippen molar-refractivity contribution in [1.82, 2.24) is 19.4 Å². The third-order valence-electron chi connectivity index (χ3n) is 6.79. The summed E-state index contributed by atoms with van der Waals surface area (Å²) < 4.78 is 49.9. The molecule has 10 nitrogen and oxygen atoms in total. The number of anilines is 4. The van der Waals surface area contributed by atoms with E-state index in [-0.39, 0.29) is 11.8 Å². The Labute approximate surface area is 227 Å². The second-order valence-electron chi connectivity index (χ2n) is 9.82. The van der Waals surface area contributed by atoms with Gasteiger partial charge in [0.2, 0.25) is 16.0 Å². The van der Waals surface area contributed by atoms with E-state index in [9.17, 15) is 8.42 Å². The van der Waals surface area contributed by atoms with Crippen molar-refractivity contribution >= 4 is 44.1 Å². The van der Waals surface area contributed by atoms with Crippen LogP contribution >= 0.6 is 0 Å². The molecule has 1 aliphatic heterocycles. The van der Waals surface area contributed by atoms with Crippen molar-refractivity contribution < 1.29 is 17.5 Å². The summed E-state index contributed by atoms with van der Waals surface area (Å²) in [4.78, 5) is 13.3. The maximum Gasteiger partial charge on any atom is 0.235 e. The predicted octanol–water partition coefficient (Wildman–Crippen LogP) is 4.21. The third-order valence-corrected chi connectivity index (χ3v) is 8.55. The molecule has 39 heavy (non-hydrogen) atoms. The lowest BCUT2D eigenvalue weighted by molar-refractivity contribution is 0.311. The summed E-state index contributed by atoms with van der Waals surface area (Å²) in [5.41, 5.74) is 2.69. The van der Waals surface area contributed by atoms with E-state index in [0.717, 1.165) is 37.3 Å². The van der Waals surface area contributed by atoms with Crippen LogP contribution in [0.3, 0.4) is 0 Å². The Balaban J connectivity index is 1.44. The zero-order valence-corrected chi connectivity index (χ0v) is 23.2. The summed E-state index contributed by atoms with van der Waals surface area (Å²) in [6, 6.07) is 12.0.